The number of para-hydroxylation sites is 2. The molecule has 1 atom stereocenters. The van der Waals surface area contributed by atoms with Crippen LogP contribution in [0.4, 0.5) is 11.4 Å². The summed E-state index contributed by atoms with van der Waals surface area (Å²) in [6.07, 6.45) is 2.41. The lowest BCUT2D eigenvalue weighted by Gasteiger charge is -2.19. The molecule has 7 nitrogen and oxygen atoms in total. The molecule has 1 amide bonds. The van der Waals surface area contributed by atoms with Crippen LogP contribution in [-0.2, 0) is 30.8 Å². The molecule has 0 fully saturated rings. The van der Waals surface area contributed by atoms with Gasteiger partial charge in [0, 0.05) is 18.3 Å². The third kappa shape index (κ3) is 5.18. The number of fused-ring (bicyclic) bond motifs is 1. The summed E-state index contributed by atoms with van der Waals surface area (Å²) in [4.78, 5) is 24.5. The van der Waals surface area contributed by atoms with E-state index in [-0.39, 0.29) is 4.90 Å². The molecule has 1 heterocycles. The average Bonchev–Trinajstić information content (AvgIpc) is 3.29. The number of carbonyl (C=O) groups excluding carboxylic acids is 2. The molecule has 1 aliphatic rings. The predicted molar refractivity (Wildman–Crippen MR) is 131 cm³/mol. The Kier molecular flexibility index (Phi) is 6.79. The van der Waals surface area contributed by atoms with E-state index in [1.165, 1.54) is 35.5 Å². The summed E-state index contributed by atoms with van der Waals surface area (Å²) in [5, 5.41) is 2.67. The van der Waals surface area contributed by atoms with Gasteiger partial charge in [-0.3, -0.25) is 9.10 Å². The van der Waals surface area contributed by atoms with Gasteiger partial charge >= 0.3 is 5.97 Å². The predicted octanol–water partition coefficient (Wildman–Crippen LogP) is 4.02. The number of benzene rings is 3. The van der Waals surface area contributed by atoms with Crippen LogP contribution in [0, 0.1) is 0 Å². The smallest absolute Gasteiger partial charge is 0.331 e. The number of sulfonamides is 1. The topological polar surface area (TPSA) is 92.8 Å². The van der Waals surface area contributed by atoms with E-state index in [1.54, 1.807) is 36.4 Å². The van der Waals surface area contributed by atoms with Crippen LogP contribution in [0.25, 0.3) is 6.08 Å². The van der Waals surface area contributed by atoms with Crippen LogP contribution >= 0.6 is 0 Å². The van der Waals surface area contributed by atoms with Crippen LogP contribution in [0.15, 0.2) is 89.8 Å². The number of hydrogen-bond donors (Lipinski definition) is 1. The lowest BCUT2D eigenvalue weighted by atomic mass is 10.2. The SMILES string of the molecule is CC(OC(=O)/C=C/c1ccc(S(=O)(=O)N2CCc3ccccc32)cc1)C(=O)Nc1ccccc1. The van der Waals surface area contributed by atoms with E-state index < -0.39 is 28.0 Å². The van der Waals surface area contributed by atoms with Gasteiger partial charge in [0.25, 0.3) is 15.9 Å². The molecule has 0 radical (unpaired) electrons. The van der Waals surface area contributed by atoms with Gasteiger partial charge in [0.1, 0.15) is 0 Å². The molecule has 1 unspecified atom stereocenters. The van der Waals surface area contributed by atoms with Crippen molar-refractivity contribution in [3.8, 4) is 0 Å². The van der Waals surface area contributed by atoms with Crippen molar-refractivity contribution in [1.82, 2.24) is 0 Å². The summed E-state index contributed by atoms with van der Waals surface area (Å²) in [7, 11) is -3.68. The number of esters is 1. The number of nitrogens with one attached hydrogen (secondary N) is 1. The van der Waals surface area contributed by atoms with Gasteiger partial charge in [0.2, 0.25) is 0 Å². The minimum absolute atomic E-state index is 0.176. The first kappa shape index (κ1) is 23.3. The fraction of sp³-hybridized carbons (Fsp3) is 0.154. The Balaban J connectivity index is 1.36. The molecule has 0 saturated carbocycles. The second-order valence-corrected chi connectivity index (χ2v) is 9.65. The summed E-state index contributed by atoms with van der Waals surface area (Å²) in [5.41, 5.74) is 2.95. The summed E-state index contributed by atoms with van der Waals surface area (Å²) in [6, 6.07) is 22.6. The zero-order valence-electron chi connectivity index (χ0n) is 18.5. The number of nitrogens with zero attached hydrogens (tertiary/aromatic N) is 1. The van der Waals surface area contributed by atoms with Crippen LogP contribution in [0.5, 0.6) is 0 Å². The van der Waals surface area contributed by atoms with Crippen molar-refractivity contribution < 1.29 is 22.7 Å². The molecule has 174 valence electrons. The molecule has 3 aromatic carbocycles. The van der Waals surface area contributed by atoms with Crippen LogP contribution in [-0.4, -0.2) is 32.9 Å². The van der Waals surface area contributed by atoms with Crippen LogP contribution in [0.1, 0.15) is 18.1 Å². The van der Waals surface area contributed by atoms with E-state index in [2.05, 4.69) is 5.32 Å². The zero-order chi connectivity index (χ0) is 24.1. The Morgan fingerprint density at radius 2 is 1.65 bits per heavy atom. The van der Waals surface area contributed by atoms with Gasteiger partial charge in [-0.2, -0.15) is 0 Å². The van der Waals surface area contributed by atoms with Gasteiger partial charge in [0.05, 0.1) is 10.6 Å². The van der Waals surface area contributed by atoms with Crippen molar-refractivity contribution in [2.75, 3.05) is 16.2 Å². The summed E-state index contributed by atoms with van der Waals surface area (Å²) >= 11 is 0. The summed E-state index contributed by atoms with van der Waals surface area (Å²) < 4.78 is 32.7. The molecular formula is C26H24N2O5S. The van der Waals surface area contributed by atoms with E-state index in [0.717, 1.165) is 5.56 Å². The van der Waals surface area contributed by atoms with Gasteiger partial charge in [-0.15, -0.1) is 0 Å². The van der Waals surface area contributed by atoms with Crippen molar-refractivity contribution in [3.63, 3.8) is 0 Å². The lowest BCUT2D eigenvalue weighted by molar-refractivity contribution is -0.148. The van der Waals surface area contributed by atoms with E-state index >= 15 is 0 Å². The van der Waals surface area contributed by atoms with Gasteiger partial charge in [0.15, 0.2) is 6.10 Å². The largest absolute Gasteiger partial charge is 0.449 e. The molecular weight excluding hydrogens is 452 g/mol. The quantitative estimate of drug-likeness (QED) is 0.411. The van der Waals surface area contributed by atoms with Crippen molar-refractivity contribution in [1.29, 1.82) is 0 Å². The van der Waals surface area contributed by atoms with Crippen molar-refractivity contribution in [2.45, 2.75) is 24.3 Å². The highest BCUT2D eigenvalue weighted by atomic mass is 32.2. The van der Waals surface area contributed by atoms with Crippen molar-refractivity contribution >= 4 is 39.4 Å². The summed E-state index contributed by atoms with van der Waals surface area (Å²) in [6.45, 7) is 1.89. The third-order valence-electron chi connectivity index (χ3n) is 5.43. The highest BCUT2D eigenvalue weighted by molar-refractivity contribution is 7.92. The Morgan fingerprint density at radius 3 is 2.38 bits per heavy atom. The number of amides is 1. The molecule has 0 aliphatic carbocycles. The van der Waals surface area contributed by atoms with Crippen LogP contribution in [0.2, 0.25) is 0 Å². The van der Waals surface area contributed by atoms with E-state index in [1.807, 2.05) is 30.3 Å². The first-order chi connectivity index (χ1) is 16.3. The zero-order valence-corrected chi connectivity index (χ0v) is 19.4. The molecule has 1 aliphatic heterocycles. The number of ether oxygens (including phenoxy) is 1. The molecule has 0 aromatic heterocycles. The Labute approximate surface area is 198 Å². The highest BCUT2D eigenvalue weighted by Crippen LogP contribution is 2.32. The molecule has 34 heavy (non-hydrogen) atoms. The summed E-state index contributed by atoms with van der Waals surface area (Å²) in [5.74, 6) is -1.12. The molecule has 0 bridgehead atoms. The molecule has 8 heteroatoms. The first-order valence-corrected chi connectivity index (χ1v) is 12.2. The van der Waals surface area contributed by atoms with Gasteiger partial charge in [-0.05, 0) is 60.9 Å². The fourth-order valence-electron chi connectivity index (χ4n) is 3.63. The minimum atomic E-state index is -3.68. The highest BCUT2D eigenvalue weighted by Gasteiger charge is 2.30. The second kappa shape index (κ2) is 9.93. The Morgan fingerprint density at radius 1 is 0.971 bits per heavy atom. The standard InChI is InChI=1S/C26H24N2O5S/c1-19(26(30)27-22-8-3-2-4-9-22)33-25(29)16-13-20-11-14-23(15-12-20)34(31,32)28-18-17-21-7-5-6-10-24(21)28/h2-16,19H,17-18H2,1H3,(H,27,30)/b16-13+. The first-order valence-electron chi connectivity index (χ1n) is 10.8. The van der Waals surface area contributed by atoms with E-state index in [9.17, 15) is 18.0 Å². The number of anilines is 2. The number of rotatable bonds is 7. The third-order valence-corrected chi connectivity index (χ3v) is 7.26. The maximum atomic E-state index is 13.1. The average molecular weight is 477 g/mol. The maximum absolute atomic E-state index is 13.1. The lowest BCUT2D eigenvalue weighted by Crippen LogP contribution is -2.29. The monoisotopic (exact) mass is 476 g/mol. The molecule has 0 spiro atoms. The number of hydrogen-bond acceptors (Lipinski definition) is 5. The normalized spacial score (nSPS) is 14.0. The molecule has 3 aromatic rings. The van der Waals surface area contributed by atoms with Crippen molar-refractivity contribution in [2.24, 2.45) is 0 Å². The van der Waals surface area contributed by atoms with Crippen molar-refractivity contribution in [3.05, 3.63) is 96.1 Å². The second-order valence-electron chi connectivity index (χ2n) is 7.79. The maximum Gasteiger partial charge on any atom is 0.331 e. The van der Waals surface area contributed by atoms with Gasteiger partial charge < -0.3 is 10.1 Å². The minimum Gasteiger partial charge on any atom is -0.449 e. The van der Waals surface area contributed by atoms with Crippen LogP contribution < -0.4 is 9.62 Å². The molecule has 0 saturated heterocycles. The van der Waals surface area contributed by atoms with Gasteiger partial charge in [-0.1, -0.05) is 48.5 Å². The molecule has 1 N–H and O–H groups in total. The van der Waals surface area contributed by atoms with Crippen LogP contribution in [0.3, 0.4) is 0 Å². The number of carbonyl (C=O) groups is 2. The van der Waals surface area contributed by atoms with E-state index in [0.29, 0.717) is 29.9 Å². The molecule has 4 rings (SSSR count). The Hall–Kier alpha value is -3.91. The van der Waals surface area contributed by atoms with E-state index in [4.69, 9.17) is 4.74 Å². The van der Waals surface area contributed by atoms with Gasteiger partial charge in [-0.25, -0.2) is 13.2 Å². The fourth-order valence-corrected chi connectivity index (χ4v) is 5.14. The Bertz CT molecular complexity index is 1320.